The minimum atomic E-state index is -0.516. The standard InChI is InChI=1S/C35H38BN5O4/c1-22-17-26(24(3)39-29-10-8-25-14-16-38-34(42)31(25)19-29)9-12-30(22)23(2)21-44-35(43)40-28-11-13-32(27(18-28)20-41(4)36)45-33-7-5-6-15-37-33/h5-19,23-24,39H,20-21,36H2,1-4H3,(H,38,42)(H,40,43)/t23-,24?/m0/s1. The van der Waals surface area contributed by atoms with Crippen molar-refractivity contribution in [3.63, 3.8) is 0 Å². The van der Waals surface area contributed by atoms with Crippen LogP contribution in [-0.4, -0.2) is 42.5 Å². The number of aryl methyl sites for hydroxylation is 1. The Kier molecular flexibility index (Phi) is 9.84. The smallest absolute Gasteiger partial charge is 0.411 e. The summed E-state index contributed by atoms with van der Waals surface area (Å²) >= 11 is 0. The molecule has 0 aliphatic rings. The quantitative estimate of drug-likeness (QED) is 0.147. The second-order valence-corrected chi connectivity index (χ2v) is 11.5. The van der Waals surface area contributed by atoms with E-state index in [1.165, 1.54) is 0 Å². The summed E-state index contributed by atoms with van der Waals surface area (Å²) in [5.74, 6) is 1.17. The molecule has 5 aromatic rings. The van der Waals surface area contributed by atoms with E-state index in [9.17, 15) is 9.59 Å². The van der Waals surface area contributed by atoms with Crippen molar-refractivity contribution in [2.75, 3.05) is 24.3 Å². The van der Waals surface area contributed by atoms with E-state index in [4.69, 9.17) is 9.47 Å². The Morgan fingerprint density at radius 3 is 2.60 bits per heavy atom. The van der Waals surface area contributed by atoms with Crippen molar-refractivity contribution in [3.8, 4) is 11.6 Å². The van der Waals surface area contributed by atoms with Gasteiger partial charge in [-0.1, -0.05) is 37.3 Å². The largest absolute Gasteiger partial charge is 0.449 e. The molecule has 0 bridgehead atoms. The fourth-order valence-corrected chi connectivity index (χ4v) is 5.31. The maximum atomic E-state index is 12.7. The molecule has 5 rings (SSSR count). The number of pyridine rings is 2. The molecule has 0 aliphatic heterocycles. The first-order valence-corrected chi connectivity index (χ1v) is 14.9. The van der Waals surface area contributed by atoms with Crippen LogP contribution in [0.1, 0.15) is 48.1 Å². The summed E-state index contributed by atoms with van der Waals surface area (Å²) in [5.41, 5.74) is 5.65. The van der Waals surface area contributed by atoms with Crippen molar-refractivity contribution in [3.05, 3.63) is 124 Å². The zero-order valence-corrected chi connectivity index (χ0v) is 26.3. The predicted molar refractivity (Wildman–Crippen MR) is 182 cm³/mol. The molecule has 2 aromatic heterocycles. The van der Waals surface area contributed by atoms with Crippen molar-refractivity contribution in [1.82, 2.24) is 14.8 Å². The fraction of sp³-hybridized carbons (Fsp3) is 0.229. The molecule has 3 N–H and O–H groups in total. The minimum absolute atomic E-state index is 0.00118. The number of fused-ring (bicyclic) bond motifs is 1. The maximum Gasteiger partial charge on any atom is 0.411 e. The number of hydrogen-bond donors (Lipinski definition) is 3. The first-order chi connectivity index (χ1) is 21.7. The van der Waals surface area contributed by atoms with Crippen LogP contribution in [0.5, 0.6) is 11.6 Å². The Morgan fingerprint density at radius 2 is 1.84 bits per heavy atom. The van der Waals surface area contributed by atoms with Gasteiger partial charge in [-0.25, -0.2) is 9.78 Å². The van der Waals surface area contributed by atoms with Gasteiger partial charge in [0.05, 0.1) is 6.61 Å². The molecule has 1 amide bonds. The fourth-order valence-electron chi connectivity index (χ4n) is 5.31. The molecule has 3 aromatic carbocycles. The third-order valence-electron chi connectivity index (χ3n) is 7.59. The second kappa shape index (κ2) is 14.1. The molecule has 10 heteroatoms. The Morgan fingerprint density at radius 1 is 1.02 bits per heavy atom. The number of carbonyl (C=O) groups is 1. The summed E-state index contributed by atoms with van der Waals surface area (Å²) in [6.07, 6.45) is 2.82. The average Bonchev–Trinajstić information content (AvgIpc) is 3.02. The molecule has 9 nitrogen and oxygen atoms in total. The van der Waals surface area contributed by atoms with Crippen LogP contribution in [0.3, 0.4) is 0 Å². The number of aromatic amines is 1. The van der Waals surface area contributed by atoms with Gasteiger partial charge in [0.25, 0.3) is 5.56 Å². The minimum Gasteiger partial charge on any atom is -0.449 e. The monoisotopic (exact) mass is 603 g/mol. The summed E-state index contributed by atoms with van der Waals surface area (Å²) < 4.78 is 11.6. The molecule has 0 saturated heterocycles. The van der Waals surface area contributed by atoms with Crippen molar-refractivity contribution in [2.24, 2.45) is 0 Å². The first-order valence-electron chi connectivity index (χ1n) is 14.9. The van der Waals surface area contributed by atoms with Gasteiger partial charge in [-0.3, -0.25) is 10.1 Å². The number of rotatable bonds is 11. The Balaban J connectivity index is 1.18. The Bertz CT molecular complexity index is 1840. The summed E-state index contributed by atoms with van der Waals surface area (Å²) in [6, 6.07) is 25.1. The van der Waals surface area contributed by atoms with Crippen LogP contribution in [0, 0.1) is 6.92 Å². The maximum absolute atomic E-state index is 12.7. The Hall–Kier alpha value is -5.09. The molecular formula is C35H38BN5O4. The highest BCUT2D eigenvalue weighted by atomic mass is 16.5. The molecule has 0 aliphatic carbocycles. The SMILES string of the molecule is BN(C)Cc1cc(NC(=O)OC[C@H](C)c2ccc(C(C)Nc3ccc4cc[nH]c(=O)c4c3)cc2C)ccc1Oc1ccccn1. The van der Waals surface area contributed by atoms with Crippen molar-refractivity contribution in [2.45, 2.75) is 39.3 Å². The van der Waals surface area contributed by atoms with E-state index in [1.807, 2.05) is 75.3 Å². The van der Waals surface area contributed by atoms with Gasteiger partial charge in [-0.05, 0) is 85.4 Å². The lowest BCUT2D eigenvalue weighted by molar-refractivity contribution is 0.155. The third-order valence-corrected chi connectivity index (χ3v) is 7.59. The van der Waals surface area contributed by atoms with Crippen LogP contribution in [-0.2, 0) is 11.3 Å². The molecular weight excluding hydrogens is 565 g/mol. The Labute approximate surface area is 264 Å². The number of nitrogens with one attached hydrogen (secondary N) is 3. The molecule has 230 valence electrons. The molecule has 45 heavy (non-hydrogen) atoms. The van der Waals surface area contributed by atoms with E-state index < -0.39 is 6.09 Å². The normalized spacial score (nSPS) is 12.5. The summed E-state index contributed by atoms with van der Waals surface area (Å²) in [4.78, 5) is 34.0. The lowest BCUT2D eigenvalue weighted by Crippen LogP contribution is -2.18. The third kappa shape index (κ3) is 8.10. The first kappa shape index (κ1) is 31.3. The van der Waals surface area contributed by atoms with Gasteiger partial charge in [0.15, 0.2) is 7.98 Å². The number of aromatic nitrogens is 2. The molecule has 2 atom stereocenters. The highest BCUT2D eigenvalue weighted by molar-refractivity contribution is 6.04. The molecule has 1 unspecified atom stereocenters. The zero-order valence-electron chi connectivity index (χ0n) is 26.3. The number of amides is 1. The molecule has 0 fully saturated rings. The van der Waals surface area contributed by atoms with E-state index in [2.05, 4.69) is 52.6 Å². The topological polar surface area (TPSA) is 109 Å². The van der Waals surface area contributed by atoms with Crippen LogP contribution in [0.2, 0.25) is 0 Å². The van der Waals surface area contributed by atoms with Crippen molar-refractivity contribution < 1.29 is 14.3 Å². The van der Waals surface area contributed by atoms with Gasteiger partial charge < -0.3 is 24.6 Å². The highest BCUT2D eigenvalue weighted by Crippen LogP contribution is 2.29. The van der Waals surface area contributed by atoms with Crippen molar-refractivity contribution >= 4 is 36.2 Å². The van der Waals surface area contributed by atoms with E-state index in [0.717, 1.165) is 33.3 Å². The van der Waals surface area contributed by atoms with Crippen LogP contribution in [0.25, 0.3) is 10.8 Å². The lowest BCUT2D eigenvalue weighted by atomic mass is 9.93. The molecule has 2 heterocycles. The number of nitrogens with zero attached hydrogens (tertiary/aromatic N) is 2. The van der Waals surface area contributed by atoms with Crippen molar-refractivity contribution in [1.29, 1.82) is 0 Å². The van der Waals surface area contributed by atoms with Gasteiger partial charge in [-0.15, -0.1) is 0 Å². The number of anilines is 2. The summed E-state index contributed by atoms with van der Waals surface area (Å²) in [5, 5.41) is 7.91. The van der Waals surface area contributed by atoms with Gasteiger partial charge in [0.2, 0.25) is 5.88 Å². The molecule has 0 saturated carbocycles. The number of ether oxygens (including phenoxy) is 2. The van der Waals surface area contributed by atoms with Crippen LogP contribution in [0.15, 0.2) is 96.1 Å². The molecule has 0 spiro atoms. The summed E-state index contributed by atoms with van der Waals surface area (Å²) in [6.45, 7) is 7.05. The van der Waals surface area contributed by atoms with Crippen LogP contribution < -0.4 is 20.9 Å². The molecule has 0 radical (unpaired) electrons. The zero-order chi connectivity index (χ0) is 31.9. The number of carbonyl (C=O) groups excluding carboxylic acids is 1. The van der Waals surface area contributed by atoms with Gasteiger partial charge in [0.1, 0.15) is 5.75 Å². The van der Waals surface area contributed by atoms with Crippen LogP contribution in [0.4, 0.5) is 16.2 Å². The van der Waals surface area contributed by atoms with Gasteiger partial charge in [0, 0.05) is 59.3 Å². The number of H-pyrrole nitrogens is 1. The van der Waals surface area contributed by atoms with Gasteiger partial charge in [-0.2, -0.15) is 0 Å². The number of hydrogen-bond acceptors (Lipinski definition) is 7. The van der Waals surface area contributed by atoms with E-state index in [1.54, 1.807) is 24.5 Å². The average molecular weight is 604 g/mol. The number of benzene rings is 3. The highest BCUT2D eigenvalue weighted by Gasteiger charge is 2.16. The summed E-state index contributed by atoms with van der Waals surface area (Å²) in [7, 11) is 3.94. The van der Waals surface area contributed by atoms with E-state index in [0.29, 0.717) is 29.2 Å². The second-order valence-electron chi connectivity index (χ2n) is 11.5. The van der Waals surface area contributed by atoms with Crippen LogP contribution >= 0.6 is 0 Å². The lowest BCUT2D eigenvalue weighted by Gasteiger charge is -2.20. The van der Waals surface area contributed by atoms with E-state index in [-0.39, 0.29) is 24.1 Å². The predicted octanol–water partition coefficient (Wildman–Crippen LogP) is 6.53. The van der Waals surface area contributed by atoms with Gasteiger partial charge >= 0.3 is 6.09 Å². The van der Waals surface area contributed by atoms with E-state index >= 15 is 0 Å².